The predicted molar refractivity (Wildman–Crippen MR) is 104 cm³/mol. The van der Waals surface area contributed by atoms with Crippen LogP contribution in [0.2, 0.25) is 0 Å². The molecule has 6 heteroatoms. The third kappa shape index (κ3) is 2.14. The van der Waals surface area contributed by atoms with Gasteiger partial charge in [-0.2, -0.15) is 0 Å². The van der Waals surface area contributed by atoms with Crippen LogP contribution in [-0.4, -0.2) is 44.3 Å². The molecule has 0 aromatic heterocycles. The fourth-order valence-corrected chi connectivity index (χ4v) is 6.02. The summed E-state index contributed by atoms with van der Waals surface area (Å²) in [7, 11) is 1.61. The number of benzene rings is 1. The van der Waals surface area contributed by atoms with Crippen molar-refractivity contribution < 1.29 is 28.5 Å². The Balaban J connectivity index is 1.54. The highest BCUT2D eigenvalue weighted by molar-refractivity contribution is 6.13. The van der Waals surface area contributed by atoms with E-state index in [1.807, 2.05) is 31.2 Å². The van der Waals surface area contributed by atoms with E-state index in [1.165, 1.54) is 0 Å². The number of Topliss-reactive ketones (excluding diaryl/α,β-unsaturated/α-hetero) is 2. The van der Waals surface area contributed by atoms with Gasteiger partial charge < -0.3 is 18.9 Å². The Morgan fingerprint density at radius 2 is 1.55 bits per heavy atom. The summed E-state index contributed by atoms with van der Waals surface area (Å²) in [5.74, 6) is 0.455. The summed E-state index contributed by atoms with van der Waals surface area (Å²) in [5.41, 5.74) is -1.48. The zero-order chi connectivity index (χ0) is 20.5. The summed E-state index contributed by atoms with van der Waals surface area (Å²) < 4.78 is 23.5. The molecule has 1 atom stereocenters. The molecular weight excluding hydrogens is 372 g/mol. The van der Waals surface area contributed by atoms with Crippen molar-refractivity contribution in [2.75, 3.05) is 26.9 Å². The molecule has 5 aliphatic rings. The van der Waals surface area contributed by atoms with Crippen LogP contribution in [0.3, 0.4) is 0 Å². The summed E-state index contributed by atoms with van der Waals surface area (Å²) in [6.07, 6.45) is 3.29. The van der Waals surface area contributed by atoms with Gasteiger partial charge in [0.2, 0.25) is 0 Å². The van der Waals surface area contributed by atoms with E-state index in [-0.39, 0.29) is 18.2 Å². The van der Waals surface area contributed by atoms with Gasteiger partial charge in [0.25, 0.3) is 0 Å². The van der Waals surface area contributed by atoms with Crippen LogP contribution in [-0.2, 0) is 19.1 Å². The Morgan fingerprint density at radius 1 is 0.966 bits per heavy atom. The van der Waals surface area contributed by atoms with E-state index in [0.29, 0.717) is 38.2 Å². The zero-order valence-corrected chi connectivity index (χ0v) is 17.1. The average Bonchev–Trinajstić information content (AvgIpc) is 3.31. The molecule has 3 saturated carbocycles. The molecule has 4 fully saturated rings. The van der Waals surface area contributed by atoms with Crippen molar-refractivity contribution in [1.29, 1.82) is 0 Å². The number of fused-ring (bicyclic) bond motifs is 2. The number of hydrogen-bond donors (Lipinski definition) is 0. The molecule has 0 radical (unpaired) electrons. The summed E-state index contributed by atoms with van der Waals surface area (Å²) in [4.78, 5) is 26.7. The summed E-state index contributed by atoms with van der Waals surface area (Å²) >= 11 is 0. The lowest BCUT2D eigenvalue weighted by Gasteiger charge is -2.62. The van der Waals surface area contributed by atoms with Gasteiger partial charge in [0, 0.05) is 24.7 Å². The minimum atomic E-state index is -1.10. The van der Waals surface area contributed by atoms with Crippen molar-refractivity contribution >= 4 is 11.6 Å². The first-order valence-electron chi connectivity index (χ1n) is 10.1. The second-order valence-corrected chi connectivity index (χ2v) is 8.98. The van der Waals surface area contributed by atoms with Crippen molar-refractivity contribution in [2.45, 2.75) is 38.9 Å². The van der Waals surface area contributed by atoms with E-state index >= 15 is 0 Å². The largest absolute Gasteiger partial charge is 0.497 e. The lowest BCUT2D eigenvalue weighted by Crippen LogP contribution is -2.69. The van der Waals surface area contributed by atoms with E-state index < -0.39 is 22.0 Å². The molecule has 2 bridgehead atoms. The highest BCUT2D eigenvalue weighted by atomic mass is 16.7. The molecule has 154 valence electrons. The number of carbonyl (C=O) groups excluding carboxylic acids is 2. The molecule has 4 aliphatic carbocycles. The molecule has 29 heavy (non-hydrogen) atoms. The van der Waals surface area contributed by atoms with Gasteiger partial charge in [-0.25, -0.2) is 0 Å². The molecule has 6 nitrogen and oxygen atoms in total. The van der Waals surface area contributed by atoms with Crippen molar-refractivity contribution in [2.24, 2.45) is 16.2 Å². The number of ether oxygens (including phenoxy) is 4. The molecule has 1 aromatic rings. The van der Waals surface area contributed by atoms with Crippen LogP contribution < -0.4 is 9.47 Å². The third-order valence-corrected chi connectivity index (χ3v) is 7.90. The standard InChI is InChI=1S/C23H26O6/c1-20(14-27-16-6-4-15(26-3)5-7-16)17-8-9-23(28-10-11-29-23)22(17)12-18(24)21(20,2)19(25)13-22/h4-8H,9-14H2,1-3H3/t20-,21?,22?/m0/s1. The molecule has 1 saturated heterocycles. The number of ketones is 2. The maximum Gasteiger partial charge on any atom is 0.182 e. The smallest absolute Gasteiger partial charge is 0.182 e. The predicted octanol–water partition coefficient (Wildman–Crippen LogP) is 3.09. The Hall–Kier alpha value is -2.18. The van der Waals surface area contributed by atoms with E-state index in [2.05, 4.69) is 6.08 Å². The maximum atomic E-state index is 13.3. The van der Waals surface area contributed by atoms with E-state index in [1.54, 1.807) is 14.0 Å². The van der Waals surface area contributed by atoms with Crippen LogP contribution in [0.5, 0.6) is 11.5 Å². The van der Waals surface area contributed by atoms with Gasteiger partial charge in [-0.3, -0.25) is 9.59 Å². The first kappa shape index (κ1) is 18.8. The highest BCUT2D eigenvalue weighted by Crippen LogP contribution is 2.72. The van der Waals surface area contributed by atoms with Crippen LogP contribution in [0.1, 0.15) is 33.1 Å². The monoisotopic (exact) mass is 398 g/mol. The van der Waals surface area contributed by atoms with Gasteiger partial charge in [0.1, 0.15) is 23.1 Å². The average molecular weight is 398 g/mol. The van der Waals surface area contributed by atoms with Crippen molar-refractivity contribution in [3.8, 4) is 11.5 Å². The van der Waals surface area contributed by atoms with Crippen LogP contribution in [0.25, 0.3) is 0 Å². The molecule has 0 N–H and O–H groups in total. The minimum absolute atomic E-state index is 0.0351. The Kier molecular flexibility index (Phi) is 3.84. The Morgan fingerprint density at radius 3 is 2.14 bits per heavy atom. The number of rotatable bonds is 4. The lowest BCUT2D eigenvalue weighted by molar-refractivity contribution is -0.240. The fourth-order valence-electron chi connectivity index (χ4n) is 6.02. The molecule has 0 amide bonds. The van der Waals surface area contributed by atoms with E-state index in [4.69, 9.17) is 18.9 Å². The van der Waals surface area contributed by atoms with Gasteiger partial charge in [0.05, 0.1) is 37.8 Å². The van der Waals surface area contributed by atoms with E-state index in [9.17, 15) is 9.59 Å². The first-order valence-corrected chi connectivity index (χ1v) is 10.1. The molecule has 2 spiro atoms. The number of methoxy groups -OCH3 is 1. The van der Waals surface area contributed by atoms with Gasteiger partial charge in [0.15, 0.2) is 5.79 Å². The second-order valence-electron chi connectivity index (χ2n) is 8.98. The van der Waals surface area contributed by atoms with Gasteiger partial charge in [-0.05, 0) is 31.2 Å². The van der Waals surface area contributed by atoms with Crippen LogP contribution in [0.4, 0.5) is 0 Å². The molecular formula is C23H26O6. The van der Waals surface area contributed by atoms with Crippen molar-refractivity contribution in [1.82, 2.24) is 0 Å². The topological polar surface area (TPSA) is 71.1 Å². The Bertz CT molecular complexity index is 890. The summed E-state index contributed by atoms with van der Waals surface area (Å²) in [6.45, 7) is 4.99. The van der Waals surface area contributed by atoms with Gasteiger partial charge >= 0.3 is 0 Å². The molecule has 0 unspecified atom stereocenters. The van der Waals surface area contributed by atoms with E-state index in [0.717, 1.165) is 11.3 Å². The highest BCUT2D eigenvalue weighted by Gasteiger charge is 2.77. The van der Waals surface area contributed by atoms with Gasteiger partial charge in [-0.15, -0.1) is 0 Å². The van der Waals surface area contributed by atoms with Crippen LogP contribution >= 0.6 is 0 Å². The third-order valence-electron chi connectivity index (χ3n) is 7.90. The molecule has 6 rings (SSSR count). The number of carbonyl (C=O) groups is 2. The summed E-state index contributed by atoms with van der Waals surface area (Å²) in [5, 5.41) is 0. The second kappa shape index (κ2) is 5.92. The first-order chi connectivity index (χ1) is 13.8. The van der Waals surface area contributed by atoms with Crippen molar-refractivity contribution in [3.63, 3.8) is 0 Å². The minimum Gasteiger partial charge on any atom is -0.497 e. The quantitative estimate of drug-likeness (QED) is 0.573. The van der Waals surface area contributed by atoms with Crippen LogP contribution in [0, 0.1) is 16.2 Å². The van der Waals surface area contributed by atoms with Gasteiger partial charge in [-0.1, -0.05) is 18.6 Å². The SMILES string of the molecule is COc1ccc(OC[C@@]2(C)C3=CCC4(OCCO4)C34CC(=O)C2(C)C(=O)C4)cc1. The summed E-state index contributed by atoms with van der Waals surface area (Å²) in [6, 6.07) is 7.32. The maximum absolute atomic E-state index is 13.3. The Labute approximate surface area is 170 Å². The normalized spacial score (nSPS) is 37.0. The zero-order valence-electron chi connectivity index (χ0n) is 17.1. The molecule has 1 aromatic carbocycles. The molecule has 1 aliphatic heterocycles. The van der Waals surface area contributed by atoms with Crippen molar-refractivity contribution in [3.05, 3.63) is 35.9 Å². The fraction of sp³-hybridized carbons (Fsp3) is 0.565. The molecule has 1 heterocycles. The number of hydrogen-bond acceptors (Lipinski definition) is 6. The van der Waals surface area contributed by atoms with Crippen LogP contribution in [0.15, 0.2) is 35.9 Å². The lowest BCUT2D eigenvalue weighted by atomic mass is 9.40.